The van der Waals surface area contributed by atoms with Crippen LogP contribution in [0.1, 0.15) is 24.0 Å². The predicted octanol–water partition coefficient (Wildman–Crippen LogP) is 3.66. The van der Waals surface area contributed by atoms with Crippen LogP contribution in [0.3, 0.4) is 0 Å². The zero-order chi connectivity index (χ0) is 25.0. The number of benzene rings is 1. The molecule has 4 aromatic heterocycles. The van der Waals surface area contributed by atoms with Crippen molar-refractivity contribution in [2.45, 2.75) is 12.5 Å². The average molecular weight is 502 g/mol. The van der Waals surface area contributed by atoms with Crippen LogP contribution < -0.4 is 11.3 Å². The van der Waals surface area contributed by atoms with Crippen LogP contribution in [0.5, 0.6) is 0 Å². The minimum absolute atomic E-state index is 0.0839. The van der Waals surface area contributed by atoms with Gasteiger partial charge in [0.2, 0.25) is 0 Å². The lowest BCUT2D eigenvalue weighted by atomic mass is 10.0. The van der Waals surface area contributed by atoms with Crippen molar-refractivity contribution >= 4 is 23.0 Å². The first kappa shape index (κ1) is 21.9. The minimum Gasteiger partial charge on any atom is -0.384 e. The second-order valence-corrected chi connectivity index (χ2v) is 8.73. The maximum atomic E-state index is 15.3. The van der Waals surface area contributed by atoms with Crippen molar-refractivity contribution in [3.63, 3.8) is 0 Å². The number of allylic oxidation sites excluding steroid dienone is 1. The minimum atomic E-state index is -0.679. The molecule has 1 unspecified atom stereocenters. The van der Waals surface area contributed by atoms with E-state index in [1.54, 1.807) is 35.2 Å². The summed E-state index contributed by atoms with van der Waals surface area (Å²) in [6, 6.07) is 9.24. The number of hydrogen-bond acceptors (Lipinski definition) is 7. The highest BCUT2D eigenvalue weighted by Gasteiger charge is 2.31. The third kappa shape index (κ3) is 3.48. The summed E-state index contributed by atoms with van der Waals surface area (Å²) in [5.41, 5.74) is 9.00. The van der Waals surface area contributed by atoms with Crippen molar-refractivity contribution in [3.05, 3.63) is 94.4 Å². The number of hydrogen-bond donors (Lipinski definition) is 2. The van der Waals surface area contributed by atoms with Gasteiger partial charge in [-0.15, -0.1) is 5.10 Å². The lowest BCUT2D eigenvalue weighted by molar-refractivity contribution is 0.584. The summed E-state index contributed by atoms with van der Waals surface area (Å²) in [6.45, 7) is 4.15. The first-order valence-electron chi connectivity index (χ1n) is 10.8. The average Bonchev–Trinajstić information content (AvgIpc) is 3.62. The fourth-order valence-corrected chi connectivity index (χ4v) is 4.62. The molecule has 1 aliphatic heterocycles. The van der Waals surface area contributed by atoms with Crippen molar-refractivity contribution in [3.8, 4) is 28.1 Å². The number of imidazole rings is 1. The molecule has 6 rings (SSSR count). The van der Waals surface area contributed by atoms with Gasteiger partial charge in [0, 0.05) is 35.5 Å². The number of nitrogen functional groups attached to an aromatic ring is 1. The third-order valence-electron chi connectivity index (χ3n) is 6.15. The number of rotatable bonds is 4. The van der Waals surface area contributed by atoms with E-state index in [9.17, 15) is 4.79 Å². The number of aromatic amines is 1. The summed E-state index contributed by atoms with van der Waals surface area (Å²) in [6.07, 6.45) is 5.13. The van der Waals surface area contributed by atoms with E-state index in [1.807, 2.05) is 6.07 Å². The molecule has 0 spiro atoms. The molecule has 5 heterocycles. The molecule has 0 bridgehead atoms. The molecule has 3 N–H and O–H groups in total. The SMILES string of the molecule is C=C1CC(c2ncc(-c3ccc(N)nc3)[nH]2)n2c1cc(-c1c(-n3cnnn3)ccc(Cl)c1F)cc2=O. The van der Waals surface area contributed by atoms with Gasteiger partial charge in [-0.3, -0.25) is 9.36 Å². The van der Waals surface area contributed by atoms with E-state index in [4.69, 9.17) is 17.3 Å². The Morgan fingerprint density at radius 3 is 2.75 bits per heavy atom. The second kappa shape index (κ2) is 8.24. The molecule has 0 saturated carbocycles. The molecular weight excluding hydrogens is 485 g/mol. The van der Waals surface area contributed by atoms with E-state index >= 15 is 4.39 Å². The van der Waals surface area contributed by atoms with Gasteiger partial charge in [0.15, 0.2) is 5.82 Å². The Kier molecular flexibility index (Phi) is 5.00. The van der Waals surface area contributed by atoms with E-state index in [1.165, 1.54) is 23.1 Å². The van der Waals surface area contributed by atoms with E-state index in [0.29, 0.717) is 35.0 Å². The molecule has 0 aliphatic carbocycles. The molecule has 0 saturated heterocycles. The molecule has 0 radical (unpaired) electrons. The number of aromatic nitrogens is 8. The van der Waals surface area contributed by atoms with Gasteiger partial charge in [-0.1, -0.05) is 18.2 Å². The first-order chi connectivity index (χ1) is 17.4. The van der Waals surface area contributed by atoms with Crippen LogP contribution in [0.25, 0.3) is 33.6 Å². The van der Waals surface area contributed by atoms with E-state index < -0.39 is 11.9 Å². The van der Waals surface area contributed by atoms with E-state index in [2.05, 4.69) is 37.1 Å². The molecule has 10 nitrogen and oxygen atoms in total. The Balaban J connectivity index is 1.45. The maximum absolute atomic E-state index is 15.3. The number of nitrogens with two attached hydrogens (primary N) is 1. The van der Waals surface area contributed by atoms with Crippen molar-refractivity contribution in [2.75, 3.05) is 5.73 Å². The lowest BCUT2D eigenvalue weighted by Crippen LogP contribution is -2.24. The van der Waals surface area contributed by atoms with Gasteiger partial charge in [-0.05, 0) is 51.9 Å². The number of tetrazole rings is 1. The van der Waals surface area contributed by atoms with Gasteiger partial charge >= 0.3 is 0 Å². The van der Waals surface area contributed by atoms with Crippen LogP contribution in [0.2, 0.25) is 5.02 Å². The summed E-state index contributed by atoms with van der Waals surface area (Å²) in [7, 11) is 0. The summed E-state index contributed by atoms with van der Waals surface area (Å²) in [4.78, 5) is 25.3. The fourth-order valence-electron chi connectivity index (χ4n) is 4.46. The molecule has 5 aromatic rings. The van der Waals surface area contributed by atoms with Crippen LogP contribution in [-0.4, -0.2) is 39.7 Å². The standard InChI is InChI=1S/C24H17ClFN9O/c1-12-6-19(24-29-10-16(31-24)13-2-5-20(27)28-9-13)35-18(12)7-14(8-21(35)36)22-17(34-11-30-32-33-34)4-3-15(25)23(22)26/h2-5,7-11,19H,1,6H2,(H2,27,28)(H,29,31). The normalized spacial score (nSPS) is 14.8. The van der Waals surface area contributed by atoms with Gasteiger partial charge < -0.3 is 10.7 Å². The van der Waals surface area contributed by atoms with E-state index in [0.717, 1.165) is 16.8 Å². The highest BCUT2D eigenvalue weighted by molar-refractivity contribution is 6.31. The summed E-state index contributed by atoms with van der Waals surface area (Å²) < 4.78 is 18.2. The van der Waals surface area contributed by atoms with Crippen LogP contribution in [0.15, 0.2) is 66.5 Å². The quantitative estimate of drug-likeness (QED) is 0.384. The number of H-pyrrole nitrogens is 1. The summed E-state index contributed by atoms with van der Waals surface area (Å²) >= 11 is 6.09. The van der Waals surface area contributed by atoms with Gasteiger partial charge in [0.05, 0.1) is 28.6 Å². The van der Waals surface area contributed by atoms with Gasteiger partial charge in [0.1, 0.15) is 18.0 Å². The van der Waals surface area contributed by atoms with Crippen molar-refractivity contribution in [1.29, 1.82) is 0 Å². The molecule has 36 heavy (non-hydrogen) atoms. The van der Waals surface area contributed by atoms with Crippen molar-refractivity contribution in [1.82, 2.24) is 39.7 Å². The largest absolute Gasteiger partial charge is 0.384 e. The van der Waals surface area contributed by atoms with Gasteiger partial charge in [-0.2, -0.15) is 4.68 Å². The van der Waals surface area contributed by atoms with Crippen molar-refractivity contribution < 1.29 is 4.39 Å². The van der Waals surface area contributed by atoms with E-state index in [-0.39, 0.29) is 16.1 Å². The fraction of sp³-hybridized carbons (Fsp3) is 0.0833. The number of nitrogens with one attached hydrogen (secondary N) is 1. The number of anilines is 1. The zero-order valence-corrected chi connectivity index (χ0v) is 19.3. The Morgan fingerprint density at radius 1 is 1.14 bits per heavy atom. The topological polar surface area (TPSA) is 133 Å². The maximum Gasteiger partial charge on any atom is 0.252 e. The summed E-state index contributed by atoms with van der Waals surface area (Å²) in [5, 5.41) is 11.0. The molecule has 0 fully saturated rings. The Hall–Kier alpha value is -4.64. The molecular formula is C24H17ClFN9O. The lowest BCUT2D eigenvalue weighted by Gasteiger charge is -2.15. The highest BCUT2D eigenvalue weighted by atomic mass is 35.5. The smallest absolute Gasteiger partial charge is 0.252 e. The molecule has 0 amide bonds. The predicted molar refractivity (Wildman–Crippen MR) is 132 cm³/mol. The molecule has 178 valence electrons. The first-order valence-corrected chi connectivity index (χ1v) is 11.2. The number of nitrogens with zero attached hydrogens (tertiary/aromatic N) is 7. The summed E-state index contributed by atoms with van der Waals surface area (Å²) in [5.74, 6) is 0.336. The Bertz CT molecular complexity index is 1690. The Morgan fingerprint density at radius 2 is 2.00 bits per heavy atom. The number of halogens is 2. The molecule has 12 heteroatoms. The van der Waals surface area contributed by atoms with Gasteiger partial charge in [0.25, 0.3) is 5.56 Å². The highest BCUT2D eigenvalue weighted by Crippen LogP contribution is 2.40. The number of pyridine rings is 2. The monoisotopic (exact) mass is 501 g/mol. The van der Waals surface area contributed by atoms with Crippen LogP contribution in [0, 0.1) is 5.82 Å². The Labute approximate surface area is 207 Å². The molecule has 1 atom stereocenters. The van der Waals surface area contributed by atoms with Crippen molar-refractivity contribution in [2.24, 2.45) is 0 Å². The van der Waals surface area contributed by atoms with Crippen LogP contribution in [0.4, 0.5) is 10.2 Å². The molecule has 1 aromatic carbocycles. The van der Waals surface area contributed by atoms with Crippen LogP contribution in [-0.2, 0) is 0 Å². The third-order valence-corrected chi connectivity index (χ3v) is 6.44. The number of fused-ring (bicyclic) bond motifs is 1. The second-order valence-electron chi connectivity index (χ2n) is 8.32. The zero-order valence-electron chi connectivity index (χ0n) is 18.6. The molecule has 1 aliphatic rings. The van der Waals surface area contributed by atoms with Crippen LogP contribution >= 0.6 is 11.6 Å². The van der Waals surface area contributed by atoms with Gasteiger partial charge in [-0.25, -0.2) is 14.4 Å².